The van der Waals surface area contributed by atoms with Gasteiger partial charge in [0.1, 0.15) is 5.69 Å². The fourth-order valence-corrected chi connectivity index (χ4v) is 2.62. The Kier molecular flexibility index (Phi) is 4.16. The number of nitrogens with zero attached hydrogens (tertiary/aromatic N) is 2. The number of nitro groups is 1. The lowest BCUT2D eigenvalue weighted by Gasteiger charge is -2.20. The first-order chi connectivity index (χ1) is 9.84. The average molecular weight is 291 g/mol. The summed E-state index contributed by atoms with van der Waals surface area (Å²) >= 11 is 0. The molecule has 1 aliphatic heterocycles. The van der Waals surface area contributed by atoms with E-state index < -0.39 is 4.92 Å². The van der Waals surface area contributed by atoms with Crippen molar-refractivity contribution in [1.82, 2.24) is 4.90 Å². The minimum atomic E-state index is -0.456. The van der Waals surface area contributed by atoms with Gasteiger partial charge < -0.3 is 10.2 Å². The average Bonchev–Trinajstić information content (AvgIpc) is 2.79. The van der Waals surface area contributed by atoms with E-state index in [4.69, 9.17) is 0 Å². The van der Waals surface area contributed by atoms with Gasteiger partial charge in [-0.05, 0) is 30.9 Å². The molecule has 1 fully saturated rings. The maximum absolute atomic E-state index is 12.5. The molecule has 1 N–H and O–H groups in total. The molecule has 0 radical (unpaired) electrons. The summed E-state index contributed by atoms with van der Waals surface area (Å²) in [4.78, 5) is 24.9. The number of rotatable bonds is 4. The summed E-state index contributed by atoms with van der Waals surface area (Å²) < 4.78 is 0. The molecule has 6 nitrogen and oxygen atoms in total. The topological polar surface area (TPSA) is 75.5 Å². The van der Waals surface area contributed by atoms with Crippen molar-refractivity contribution in [2.75, 3.05) is 25.0 Å². The van der Waals surface area contributed by atoms with Gasteiger partial charge in [-0.15, -0.1) is 0 Å². The predicted octanol–water partition coefficient (Wildman–Crippen LogP) is 2.90. The van der Waals surface area contributed by atoms with E-state index in [-0.39, 0.29) is 17.0 Å². The van der Waals surface area contributed by atoms with E-state index in [0.717, 1.165) is 6.42 Å². The van der Waals surface area contributed by atoms with Crippen molar-refractivity contribution in [2.24, 2.45) is 5.41 Å². The first-order valence-electron chi connectivity index (χ1n) is 7.15. The molecule has 0 bridgehead atoms. The number of nitro benzene ring substituents is 1. The lowest BCUT2D eigenvalue weighted by molar-refractivity contribution is -0.384. The van der Waals surface area contributed by atoms with Crippen LogP contribution in [0.3, 0.4) is 0 Å². The lowest BCUT2D eigenvalue weighted by atomic mass is 9.93. The Morgan fingerprint density at radius 1 is 1.48 bits per heavy atom. The van der Waals surface area contributed by atoms with Crippen LogP contribution >= 0.6 is 0 Å². The molecule has 0 aliphatic carbocycles. The standard InChI is InChI=1S/C15H21N3O3/c1-4-16-12-6-5-11(9-13(12)18(20)21)14(19)17-8-7-15(2,3)10-17/h5-6,9,16H,4,7-8,10H2,1-3H3. The molecule has 0 unspecified atom stereocenters. The van der Waals surface area contributed by atoms with Crippen molar-refractivity contribution in [3.05, 3.63) is 33.9 Å². The molecule has 1 aliphatic rings. The lowest BCUT2D eigenvalue weighted by Crippen LogP contribution is -2.30. The van der Waals surface area contributed by atoms with Gasteiger partial charge in [0.05, 0.1) is 4.92 Å². The summed E-state index contributed by atoms with van der Waals surface area (Å²) in [6, 6.07) is 4.63. The molecule has 0 aromatic heterocycles. The minimum absolute atomic E-state index is 0.0545. The van der Waals surface area contributed by atoms with E-state index >= 15 is 0 Å². The van der Waals surface area contributed by atoms with Crippen molar-refractivity contribution in [3.63, 3.8) is 0 Å². The van der Waals surface area contributed by atoms with Crippen LogP contribution in [0.25, 0.3) is 0 Å². The summed E-state index contributed by atoms with van der Waals surface area (Å²) in [5.74, 6) is -0.133. The molecular formula is C15H21N3O3. The third kappa shape index (κ3) is 3.32. The zero-order valence-electron chi connectivity index (χ0n) is 12.7. The fraction of sp³-hybridized carbons (Fsp3) is 0.533. The zero-order chi connectivity index (χ0) is 15.6. The number of nitrogens with one attached hydrogen (secondary N) is 1. The highest BCUT2D eigenvalue weighted by Crippen LogP contribution is 2.31. The van der Waals surface area contributed by atoms with Crippen molar-refractivity contribution in [2.45, 2.75) is 27.2 Å². The summed E-state index contributed by atoms with van der Waals surface area (Å²) in [5, 5.41) is 14.1. The van der Waals surface area contributed by atoms with Crippen LogP contribution in [0.4, 0.5) is 11.4 Å². The number of benzene rings is 1. The molecule has 21 heavy (non-hydrogen) atoms. The maximum atomic E-state index is 12.5. The largest absolute Gasteiger partial charge is 0.380 e. The normalized spacial score (nSPS) is 16.8. The number of likely N-dealkylation sites (tertiary alicyclic amines) is 1. The minimum Gasteiger partial charge on any atom is -0.380 e. The van der Waals surface area contributed by atoms with Gasteiger partial charge in [0.2, 0.25) is 0 Å². The van der Waals surface area contributed by atoms with E-state index in [1.54, 1.807) is 17.0 Å². The van der Waals surface area contributed by atoms with Gasteiger partial charge in [-0.3, -0.25) is 14.9 Å². The predicted molar refractivity (Wildman–Crippen MR) is 81.6 cm³/mol. The van der Waals surface area contributed by atoms with E-state index in [1.165, 1.54) is 6.07 Å². The van der Waals surface area contributed by atoms with Crippen LogP contribution in [-0.4, -0.2) is 35.4 Å². The van der Waals surface area contributed by atoms with Crippen molar-refractivity contribution in [1.29, 1.82) is 0 Å². The van der Waals surface area contributed by atoms with Crippen LogP contribution in [0, 0.1) is 15.5 Å². The molecule has 0 spiro atoms. The van der Waals surface area contributed by atoms with Crippen LogP contribution in [0.1, 0.15) is 37.6 Å². The molecule has 0 saturated carbocycles. The Labute approximate surface area is 124 Å². The molecule has 1 heterocycles. The molecule has 6 heteroatoms. The molecule has 1 aromatic carbocycles. The Morgan fingerprint density at radius 2 is 2.19 bits per heavy atom. The third-order valence-electron chi connectivity index (χ3n) is 3.77. The van der Waals surface area contributed by atoms with E-state index in [0.29, 0.717) is 30.9 Å². The van der Waals surface area contributed by atoms with Gasteiger partial charge >= 0.3 is 0 Å². The van der Waals surface area contributed by atoms with Gasteiger partial charge in [-0.25, -0.2) is 0 Å². The summed E-state index contributed by atoms with van der Waals surface area (Å²) in [6.07, 6.45) is 0.955. The maximum Gasteiger partial charge on any atom is 0.293 e. The molecule has 1 saturated heterocycles. The quantitative estimate of drug-likeness (QED) is 0.683. The van der Waals surface area contributed by atoms with E-state index in [2.05, 4.69) is 19.2 Å². The van der Waals surface area contributed by atoms with Crippen LogP contribution in [0.15, 0.2) is 18.2 Å². The molecule has 114 valence electrons. The van der Waals surface area contributed by atoms with Gasteiger partial charge in [-0.1, -0.05) is 13.8 Å². The number of hydrogen-bond donors (Lipinski definition) is 1. The fourth-order valence-electron chi connectivity index (χ4n) is 2.62. The molecule has 2 rings (SSSR count). The highest BCUT2D eigenvalue weighted by molar-refractivity contribution is 5.96. The molecule has 1 aromatic rings. The van der Waals surface area contributed by atoms with E-state index in [9.17, 15) is 14.9 Å². The van der Waals surface area contributed by atoms with Crippen LogP contribution in [-0.2, 0) is 0 Å². The molecular weight excluding hydrogens is 270 g/mol. The first-order valence-corrected chi connectivity index (χ1v) is 7.15. The van der Waals surface area contributed by atoms with Crippen molar-refractivity contribution < 1.29 is 9.72 Å². The Bertz CT molecular complexity index is 569. The summed E-state index contributed by atoms with van der Waals surface area (Å²) in [7, 11) is 0. The van der Waals surface area contributed by atoms with Gasteiger partial charge in [0, 0.05) is 31.3 Å². The van der Waals surface area contributed by atoms with E-state index in [1.807, 2.05) is 6.92 Å². The number of carbonyl (C=O) groups is 1. The molecule has 1 amide bonds. The van der Waals surface area contributed by atoms with Gasteiger partial charge in [-0.2, -0.15) is 0 Å². The SMILES string of the molecule is CCNc1ccc(C(=O)N2CCC(C)(C)C2)cc1[N+](=O)[O-]. The highest BCUT2D eigenvalue weighted by atomic mass is 16.6. The van der Waals surface area contributed by atoms with Gasteiger partial charge in [0.15, 0.2) is 0 Å². The van der Waals surface area contributed by atoms with Crippen LogP contribution in [0.5, 0.6) is 0 Å². The second-order valence-electron chi connectivity index (χ2n) is 6.16. The number of hydrogen-bond acceptors (Lipinski definition) is 4. The Morgan fingerprint density at radius 3 is 2.71 bits per heavy atom. The first kappa shape index (κ1) is 15.3. The Balaban J connectivity index is 2.26. The monoisotopic (exact) mass is 291 g/mol. The zero-order valence-corrected chi connectivity index (χ0v) is 12.7. The molecule has 0 atom stereocenters. The summed E-state index contributed by atoms with van der Waals surface area (Å²) in [5.41, 5.74) is 0.883. The summed E-state index contributed by atoms with van der Waals surface area (Å²) in [6.45, 7) is 8.10. The number of amides is 1. The van der Waals surface area contributed by atoms with Crippen molar-refractivity contribution in [3.8, 4) is 0 Å². The van der Waals surface area contributed by atoms with Crippen LogP contribution in [0.2, 0.25) is 0 Å². The van der Waals surface area contributed by atoms with Crippen molar-refractivity contribution >= 4 is 17.3 Å². The third-order valence-corrected chi connectivity index (χ3v) is 3.77. The number of anilines is 1. The highest BCUT2D eigenvalue weighted by Gasteiger charge is 2.33. The number of carbonyl (C=O) groups excluding carboxylic acids is 1. The second-order valence-corrected chi connectivity index (χ2v) is 6.16. The van der Waals surface area contributed by atoms with Crippen LogP contribution < -0.4 is 5.32 Å². The Hall–Kier alpha value is -2.11. The second kappa shape index (κ2) is 5.71. The smallest absolute Gasteiger partial charge is 0.293 e. The van der Waals surface area contributed by atoms with Gasteiger partial charge in [0.25, 0.3) is 11.6 Å².